The van der Waals surface area contributed by atoms with Crippen LogP contribution in [0.4, 0.5) is 0 Å². The number of nitrogens with zero attached hydrogens (tertiary/aromatic N) is 3. The monoisotopic (exact) mass is 312 g/mol. The van der Waals surface area contributed by atoms with Gasteiger partial charge in [0.1, 0.15) is 0 Å². The highest BCUT2D eigenvalue weighted by atomic mass is 16.5. The molecule has 0 aromatic rings. The predicted molar refractivity (Wildman–Crippen MR) is 87.8 cm³/mol. The molecule has 6 nitrogen and oxygen atoms in total. The number of ether oxygens (including phenoxy) is 1. The summed E-state index contributed by atoms with van der Waals surface area (Å²) in [6.45, 7) is 12.5. The molecule has 2 rings (SSSR count). The largest absolute Gasteiger partial charge is 0.374 e. The summed E-state index contributed by atoms with van der Waals surface area (Å²) in [6.07, 6.45) is 1.68. The molecule has 0 spiro atoms. The number of rotatable bonds is 6. The van der Waals surface area contributed by atoms with E-state index < -0.39 is 0 Å². The maximum atomic E-state index is 12.0. The molecule has 1 atom stereocenters. The van der Waals surface area contributed by atoms with E-state index in [4.69, 9.17) is 10.5 Å². The first-order chi connectivity index (χ1) is 10.6. The predicted octanol–water partition coefficient (Wildman–Crippen LogP) is -0.0213. The second kappa shape index (κ2) is 8.82. The summed E-state index contributed by atoms with van der Waals surface area (Å²) in [5, 5.41) is 0. The van der Waals surface area contributed by atoms with E-state index in [9.17, 15) is 4.79 Å². The quantitative estimate of drug-likeness (QED) is 0.747. The minimum absolute atomic E-state index is 0.255. The molecule has 0 radical (unpaired) electrons. The van der Waals surface area contributed by atoms with Crippen LogP contribution in [0.25, 0.3) is 0 Å². The molecule has 2 N–H and O–H groups in total. The number of piperazine rings is 1. The van der Waals surface area contributed by atoms with Crippen LogP contribution in [0.2, 0.25) is 0 Å². The summed E-state index contributed by atoms with van der Waals surface area (Å²) in [4.78, 5) is 18.9. The summed E-state index contributed by atoms with van der Waals surface area (Å²) in [6, 6.07) is 0.586. The maximum Gasteiger partial charge on any atom is 0.222 e. The lowest BCUT2D eigenvalue weighted by molar-refractivity contribution is -0.133. The molecule has 0 aromatic carbocycles. The van der Waals surface area contributed by atoms with Crippen molar-refractivity contribution >= 4 is 5.91 Å². The zero-order valence-corrected chi connectivity index (χ0v) is 14.2. The molecule has 128 valence electrons. The van der Waals surface area contributed by atoms with Crippen LogP contribution >= 0.6 is 0 Å². The molecule has 2 aliphatic rings. The van der Waals surface area contributed by atoms with Crippen molar-refractivity contribution in [2.24, 2.45) is 5.73 Å². The molecule has 2 fully saturated rings. The molecule has 0 bridgehead atoms. The van der Waals surface area contributed by atoms with Gasteiger partial charge in [0.15, 0.2) is 0 Å². The van der Waals surface area contributed by atoms with E-state index in [2.05, 4.69) is 23.6 Å². The van der Waals surface area contributed by atoms with Crippen LogP contribution in [0.1, 0.15) is 26.7 Å². The Morgan fingerprint density at radius 2 is 1.95 bits per heavy atom. The summed E-state index contributed by atoms with van der Waals surface area (Å²) in [7, 11) is 0. The molecule has 1 amide bonds. The van der Waals surface area contributed by atoms with Crippen molar-refractivity contribution in [3.8, 4) is 0 Å². The Kier molecular flexibility index (Phi) is 7.08. The van der Waals surface area contributed by atoms with E-state index in [0.717, 1.165) is 58.8 Å². The van der Waals surface area contributed by atoms with E-state index in [-0.39, 0.29) is 5.91 Å². The fourth-order valence-electron chi connectivity index (χ4n) is 3.20. The van der Waals surface area contributed by atoms with Gasteiger partial charge in [-0.1, -0.05) is 0 Å². The molecular weight excluding hydrogens is 280 g/mol. The van der Waals surface area contributed by atoms with Crippen LogP contribution in [0.15, 0.2) is 0 Å². The zero-order valence-electron chi connectivity index (χ0n) is 14.2. The molecule has 6 heteroatoms. The van der Waals surface area contributed by atoms with Crippen LogP contribution < -0.4 is 5.73 Å². The molecule has 2 heterocycles. The van der Waals surface area contributed by atoms with E-state index in [1.54, 1.807) is 0 Å². The van der Waals surface area contributed by atoms with Crippen molar-refractivity contribution in [1.82, 2.24) is 14.7 Å². The van der Waals surface area contributed by atoms with Crippen molar-refractivity contribution in [3.05, 3.63) is 0 Å². The summed E-state index contributed by atoms with van der Waals surface area (Å²) >= 11 is 0. The SMILES string of the molecule is CC(C)N1CCOC(CN2CCN(C(=O)CCCN)CC2)C1. The lowest BCUT2D eigenvalue weighted by Gasteiger charge is -2.40. The van der Waals surface area contributed by atoms with Crippen molar-refractivity contribution in [2.75, 3.05) is 59.0 Å². The van der Waals surface area contributed by atoms with E-state index in [1.165, 1.54) is 0 Å². The highest BCUT2D eigenvalue weighted by Gasteiger charge is 2.26. The fourth-order valence-corrected chi connectivity index (χ4v) is 3.20. The standard InChI is InChI=1S/C16H32N4O2/c1-14(2)20-10-11-22-15(13-20)12-18-6-8-19(9-7-18)16(21)4-3-5-17/h14-15H,3-13,17H2,1-2H3. The van der Waals surface area contributed by atoms with Crippen molar-refractivity contribution in [3.63, 3.8) is 0 Å². The Hall–Kier alpha value is -0.690. The number of amides is 1. The molecular formula is C16H32N4O2. The molecule has 2 saturated heterocycles. The van der Waals surface area contributed by atoms with Crippen LogP contribution in [-0.4, -0.2) is 91.7 Å². The fraction of sp³-hybridized carbons (Fsp3) is 0.938. The summed E-state index contributed by atoms with van der Waals surface area (Å²) < 4.78 is 5.91. The number of morpholine rings is 1. The first kappa shape index (κ1) is 17.7. The van der Waals surface area contributed by atoms with Gasteiger partial charge in [0.05, 0.1) is 12.7 Å². The Balaban J connectivity index is 1.70. The average Bonchev–Trinajstić information content (AvgIpc) is 2.53. The number of hydrogen-bond donors (Lipinski definition) is 1. The lowest BCUT2D eigenvalue weighted by atomic mass is 10.2. The number of hydrogen-bond acceptors (Lipinski definition) is 5. The summed E-state index contributed by atoms with van der Waals surface area (Å²) in [5.41, 5.74) is 5.47. The van der Waals surface area contributed by atoms with Crippen LogP contribution in [0.5, 0.6) is 0 Å². The number of carbonyl (C=O) groups is 1. The van der Waals surface area contributed by atoms with Crippen molar-refractivity contribution in [1.29, 1.82) is 0 Å². The Morgan fingerprint density at radius 1 is 1.23 bits per heavy atom. The van der Waals surface area contributed by atoms with Crippen molar-refractivity contribution < 1.29 is 9.53 Å². The average molecular weight is 312 g/mol. The third kappa shape index (κ3) is 5.19. The second-order valence-electron chi connectivity index (χ2n) is 6.66. The number of carbonyl (C=O) groups excluding carboxylic acids is 1. The van der Waals surface area contributed by atoms with Gasteiger partial charge in [0.2, 0.25) is 5.91 Å². The zero-order chi connectivity index (χ0) is 15.9. The molecule has 2 aliphatic heterocycles. The van der Waals surface area contributed by atoms with E-state index in [1.807, 2.05) is 4.90 Å². The highest BCUT2D eigenvalue weighted by Crippen LogP contribution is 2.12. The lowest BCUT2D eigenvalue weighted by Crippen LogP contribution is -2.54. The van der Waals surface area contributed by atoms with Gasteiger partial charge in [-0.15, -0.1) is 0 Å². The third-order valence-corrected chi connectivity index (χ3v) is 4.68. The van der Waals surface area contributed by atoms with Gasteiger partial charge in [0, 0.05) is 58.3 Å². The molecule has 0 aromatic heterocycles. The van der Waals surface area contributed by atoms with Gasteiger partial charge < -0.3 is 15.4 Å². The normalized spacial score (nSPS) is 24.9. The first-order valence-corrected chi connectivity index (χ1v) is 8.66. The van der Waals surface area contributed by atoms with Gasteiger partial charge >= 0.3 is 0 Å². The Labute approximate surface area is 134 Å². The topological polar surface area (TPSA) is 62.0 Å². The molecule has 0 aliphatic carbocycles. The molecule has 0 saturated carbocycles. The van der Waals surface area contributed by atoms with Gasteiger partial charge in [0.25, 0.3) is 0 Å². The Morgan fingerprint density at radius 3 is 2.59 bits per heavy atom. The van der Waals surface area contributed by atoms with Crippen LogP contribution in [0.3, 0.4) is 0 Å². The highest BCUT2D eigenvalue weighted by molar-refractivity contribution is 5.76. The molecule has 22 heavy (non-hydrogen) atoms. The third-order valence-electron chi connectivity index (χ3n) is 4.68. The van der Waals surface area contributed by atoms with Crippen LogP contribution in [-0.2, 0) is 9.53 Å². The van der Waals surface area contributed by atoms with Gasteiger partial charge in [-0.25, -0.2) is 0 Å². The second-order valence-corrected chi connectivity index (χ2v) is 6.66. The minimum Gasteiger partial charge on any atom is -0.374 e. The van der Waals surface area contributed by atoms with E-state index >= 15 is 0 Å². The van der Waals surface area contributed by atoms with Gasteiger partial charge in [-0.2, -0.15) is 0 Å². The maximum absolute atomic E-state index is 12.0. The van der Waals surface area contributed by atoms with Gasteiger partial charge in [-0.3, -0.25) is 14.6 Å². The van der Waals surface area contributed by atoms with Crippen LogP contribution in [0, 0.1) is 0 Å². The van der Waals surface area contributed by atoms with Crippen molar-refractivity contribution in [2.45, 2.75) is 38.8 Å². The smallest absolute Gasteiger partial charge is 0.222 e. The summed E-state index contributed by atoms with van der Waals surface area (Å²) in [5.74, 6) is 0.255. The molecule has 1 unspecified atom stereocenters. The number of nitrogens with two attached hydrogens (primary N) is 1. The Bertz CT molecular complexity index is 343. The van der Waals surface area contributed by atoms with Gasteiger partial charge in [-0.05, 0) is 26.8 Å². The van der Waals surface area contributed by atoms with E-state index in [0.29, 0.717) is 25.1 Å². The minimum atomic E-state index is 0.255. The first-order valence-electron chi connectivity index (χ1n) is 8.66.